The molecule has 1 aromatic rings. The van der Waals surface area contributed by atoms with Crippen LogP contribution in [0.2, 0.25) is 0 Å². The van der Waals surface area contributed by atoms with Gasteiger partial charge in [0.1, 0.15) is 11.9 Å². The maximum Gasteiger partial charge on any atom is 0.328 e. The van der Waals surface area contributed by atoms with Gasteiger partial charge in [0.2, 0.25) is 11.9 Å². The summed E-state index contributed by atoms with van der Waals surface area (Å²) >= 11 is 0. The van der Waals surface area contributed by atoms with Gasteiger partial charge in [0.25, 0.3) is 0 Å². The van der Waals surface area contributed by atoms with Crippen molar-refractivity contribution in [2.75, 3.05) is 17.7 Å². The zero-order valence-electron chi connectivity index (χ0n) is 10.9. The number of carbonyl (C=O) groups excluding carboxylic acids is 1. The zero-order valence-corrected chi connectivity index (χ0v) is 10.9. The Morgan fingerprint density at radius 2 is 2.11 bits per heavy atom. The lowest BCUT2D eigenvalue weighted by Gasteiger charge is -2.13. The molecule has 0 radical (unpaired) electrons. The number of nitrogens with zero attached hydrogens (tertiary/aromatic N) is 3. The number of nitrogens with one attached hydrogen (secondary N) is 1. The van der Waals surface area contributed by atoms with E-state index >= 15 is 0 Å². The molecular weight excluding hydrogens is 234 g/mol. The predicted molar refractivity (Wildman–Crippen MR) is 68.0 cm³/mol. The van der Waals surface area contributed by atoms with E-state index in [2.05, 4.69) is 20.3 Å². The average molecular weight is 253 g/mol. The quantitative estimate of drug-likeness (QED) is 0.721. The Hall–Kier alpha value is -1.92. The minimum Gasteiger partial charge on any atom is -0.464 e. The molecule has 1 heterocycles. The van der Waals surface area contributed by atoms with Gasteiger partial charge in [0.15, 0.2) is 0 Å². The largest absolute Gasteiger partial charge is 0.464 e. The number of aryl methyl sites for hydroxylation is 1. The van der Waals surface area contributed by atoms with Crippen LogP contribution in [0.5, 0.6) is 0 Å². The lowest BCUT2D eigenvalue weighted by Crippen LogP contribution is -2.29. The summed E-state index contributed by atoms with van der Waals surface area (Å²) in [6, 6.07) is -0.527. The predicted octanol–water partition coefficient (Wildman–Crippen LogP) is 0.770. The first-order chi connectivity index (χ1) is 8.56. The molecule has 7 heteroatoms. The molecule has 18 heavy (non-hydrogen) atoms. The first-order valence-electron chi connectivity index (χ1n) is 6.00. The molecule has 0 amide bonds. The van der Waals surface area contributed by atoms with Crippen LogP contribution >= 0.6 is 0 Å². The van der Waals surface area contributed by atoms with Gasteiger partial charge in [0, 0.05) is 6.42 Å². The Labute approximate surface area is 106 Å². The van der Waals surface area contributed by atoms with Crippen LogP contribution in [0.25, 0.3) is 0 Å². The van der Waals surface area contributed by atoms with E-state index in [-0.39, 0.29) is 11.9 Å². The molecule has 0 aliphatic rings. The molecule has 0 saturated heterocycles. The molecule has 1 unspecified atom stereocenters. The second-order valence-corrected chi connectivity index (χ2v) is 3.80. The fourth-order valence-electron chi connectivity index (χ4n) is 1.36. The average Bonchev–Trinajstić information content (AvgIpc) is 2.28. The number of hydrogen-bond donors (Lipinski definition) is 2. The number of carbonyl (C=O) groups is 1. The van der Waals surface area contributed by atoms with Crippen molar-refractivity contribution in [3.63, 3.8) is 0 Å². The maximum absolute atomic E-state index is 11.5. The summed E-state index contributed by atoms with van der Waals surface area (Å²) in [5.74, 6) is 0.704. The van der Waals surface area contributed by atoms with Gasteiger partial charge in [0.05, 0.1) is 6.61 Å². The highest BCUT2D eigenvalue weighted by Gasteiger charge is 2.15. The zero-order chi connectivity index (χ0) is 13.5. The van der Waals surface area contributed by atoms with Gasteiger partial charge >= 0.3 is 5.97 Å². The molecule has 1 aromatic heterocycles. The van der Waals surface area contributed by atoms with Crippen molar-refractivity contribution in [1.29, 1.82) is 0 Å². The Bertz CT molecular complexity index is 410. The molecule has 100 valence electrons. The van der Waals surface area contributed by atoms with Crippen LogP contribution in [0, 0.1) is 0 Å². The third-order valence-electron chi connectivity index (χ3n) is 2.16. The van der Waals surface area contributed by atoms with E-state index in [1.807, 2.05) is 6.92 Å². The van der Waals surface area contributed by atoms with Gasteiger partial charge in [-0.05, 0) is 20.3 Å². The van der Waals surface area contributed by atoms with Crippen molar-refractivity contribution in [3.8, 4) is 0 Å². The van der Waals surface area contributed by atoms with Crippen LogP contribution < -0.4 is 11.1 Å². The Morgan fingerprint density at radius 3 is 2.72 bits per heavy atom. The summed E-state index contributed by atoms with van der Waals surface area (Å²) in [5, 5.41) is 2.85. The van der Waals surface area contributed by atoms with Gasteiger partial charge in [-0.3, -0.25) is 0 Å². The molecular formula is C11H19N5O2. The van der Waals surface area contributed by atoms with Crippen molar-refractivity contribution in [1.82, 2.24) is 15.0 Å². The SMILES string of the molecule is CCCc1nc(N)nc(NC(C)C(=O)OCC)n1. The van der Waals surface area contributed by atoms with E-state index in [1.165, 1.54) is 0 Å². The van der Waals surface area contributed by atoms with Crippen LogP contribution in [-0.2, 0) is 16.0 Å². The summed E-state index contributed by atoms with van der Waals surface area (Å²) in [6.07, 6.45) is 1.63. The molecule has 7 nitrogen and oxygen atoms in total. The summed E-state index contributed by atoms with van der Waals surface area (Å²) in [7, 11) is 0. The van der Waals surface area contributed by atoms with Crippen molar-refractivity contribution >= 4 is 17.9 Å². The number of rotatable bonds is 6. The number of nitrogens with two attached hydrogens (primary N) is 1. The van der Waals surface area contributed by atoms with Crippen LogP contribution in [0.1, 0.15) is 33.0 Å². The minimum absolute atomic E-state index is 0.145. The lowest BCUT2D eigenvalue weighted by molar-refractivity contribution is -0.143. The van der Waals surface area contributed by atoms with E-state index in [9.17, 15) is 4.79 Å². The smallest absolute Gasteiger partial charge is 0.328 e. The van der Waals surface area contributed by atoms with Gasteiger partial charge in [-0.1, -0.05) is 6.92 Å². The Balaban J connectivity index is 2.74. The van der Waals surface area contributed by atoms with E-state index < -0.39 is 6.04 Å². The molecule has 0 fully saturated rings. The van der Waals surface area contributed by atoms with E-state index in [0.29, 0.717) is 18.4 Å². The standard InChI is InChI=1S/C11H19N5O2/c1-4-6-8-14-10(12)16-11(15-8)13-7(3)9(17)18-5-2/h7H,4-6H2,1-3H3,(H3,12,13,14,15,16). The molecule has 0 aliphatic carbocycles. The summed E-state index contributed by atoms with van der Waals surface area (Å²) in [6.45, 7) is 5.79. The highest BCUT2D eigenvalue weighted by Crippen LogP contribution is 2.06. The maximum atomic E-state index is 11.5. The molecule has 1 atom stereocenters. The third kappa shape index (κ3) is 4.15. The summed E-state index contributed by atoms with van der Waals surface area (Å²) < 4.78 is 4.88. The summed E-state index contributed by atoms with van der Waals surface area (Å²) in [4.78, 5) is 23.6. The lowest BCUT2D eigenvalue weighted by atomic mass is 10.3. The van der Waals surface area contributed by atoms with E-state index in [1.54, 1.807) is 13.8 Å². The van der Waals surface area contributed by atoms with Crippen molar-refractivity contribution < 1.29 is 9.53 Å². The van der Waals surface area contributed by atoms with Crippen LogP contribution in [0.4, 0.5) is 11.9 Å². The topological polar surface area (TPSA) is 103 Å². The highest BCUT2D eigenvalue weighted by molar-refractivity contribution is 5.78. The fourth-order valence-corrected chi connectivity index (χ4v) is 1.36. The van der Waals surface area contributed by atoms with Crippen LogP contribution in [0.3, 0.4) is 0 Å². The van der Waals surface area contributed by atoms with Crippen molar-refractivity contribution in [3.05, 3.63) is 5.82 Å². The normalized spacial score (nSPS) is 11.9. The minimum atomic E-state index is -0.527. The molecule has 0 spiro atoms. The van der Waals surface area contributed by atoms with Gasteiger partial charge in [-0.2, -0.15) is 15.0 Å². The van der Waals surface area contributed by atoms with Crippen molar-refractivity contribution in [2.24, 2.45) is 0 Å². The third-order valence-corrected chi connectivity index (χ3v) is 2.16. The number of esters is 1. The van der Waals surface area contributed by atoms with E-state index in [4.69, 9.17) is 10.5 Å². The molecule has 0 aromatic carbocycles. The number of ether oxygens (including phenoxy) is 1. The van der Waals surface area contributed by atoms with Crippen LogP contribution in [0.15, 0.2) is 0 Å². The first kappa shape index (κ1) is 14.1. The number of anilines is 2. The first-order valence-corrected chi connectivity index (χ1v) is 6.00. The Morgan fingerprint density at radius 1 is 1.39 bits per heavy atom. The molecule has 0 saturated carbocycles. The van der Waals surface area contributed by atoms with E-state index in [0.717, 1.165) is 12.8 Å². The second-order valence-electron chi connectivity index (χ2n) is 3.80. The fraction of sp³-hybridized carbons (Fsp3) is 0.636. The van der Waals surface area contributed by atoms with Gasteiger partial charge in [-0.25, -0.2) is 4.79 Å². The van der Waals surface area contributed by atoms with Gasteiger partial charge < -0.3 is 15.8 Å². The molecule has 3 N–H and O–H groups in total. The van der Waals surface area contributed by atoms with Crippen LogP contribution in [-0.4, -0.2) is 33.6 Å². The Kier molecular flexibility index (Phi) is 5.29. The summed E-state index contributed by atoms with van der Waals surface area (Å²) in [5.41, 5.74) is 5.58. The molecule has 0 aliphatic heterocycles. The monoisotopic (exact) mass is 253 g/mol. The molecule has 0 bridgehead atoms. The number of hydrogen-bond acceptors (Lipinski definition) is 7. The van der Waals surface area contributed by atoms with Crippen molar-refractivity contribution in [2.45, 2.75) is 39.7 Å². The highest BCUT2D eigenvalue weighted by atomic mass is 16.5. The second kappa shape index (κ2) is 6.73. The number of nitrogen functional groups attached to an aromatic ring is 1. The van der Waals surface area contributed by atoms with Gasteiger partial charge in [-0.15, -0.1) is 0 Å². The molecule has 1 rings (SSSR count). The number of aromatic nitrogens is 3.